The summed E-state index contributed by atoms with van der Waals surface area (Å²) < 4.78 is 6.11. The van der Waals surface area contributed by atoms with Crippen LogP contribution in [0.2, 0.25) is 0 Å². The van der Waals surface area contributed by atoms with Crippen LogP contribution in [0.4, 0.5) is 5.88 Å². The molecule has 0 radical (unpaired) electrons. The summed E-state index contributed by atoms with van der Waals surface area (Å²) >= 11 is 0. The summed E-state index contributed by atoms with van der Waals surface area (Å²) in [6.07, 6.45) is 3.49. The predicted molar refractivity (Wildman–Crippen MR) is 112 cm³/mol. The lowest BCUT2D eigenvalue weighted by molar-refractivity contribution is 0.593. The Labute approximate surface area is 163 Å². The van der Waals surface area contributed by atoms with Crippen LogP contribution < -0.4 is 0 Å². The van der Waals surface area contributed by atoms with E-state index in [1.165, 1.54) is 0 Å². The number of nitrogens with zero attached hydrogens (tertiary/aromatic N) is 2. The molecule has 4 aromatic rings. The summed E-state index contributed by atoms with van der Waals surface area (Å²) in [5, 5.41) is 9.89. The number of nitriles is 1. The monoisotopic (exact) mass is 365 g/mol. The van der Waals surface area contributed by atoms with E-state index in [0.717, 1.165) is 33.5 Å². The van der Waals surface area contributed by atoms with Crippen molar-refractivity contribution in [3.63, 3.8) is 0 Å². The third-order valence-corrected chi connectivity index (χ3v) is 4.60. The lowest BCUT2D eigenvalue weighted by Gasteiger charge is -2.05. The molecule has 2 aromatic carbocycles. The minimum atomic E-state index is 0.309. The Balaban J connectivity index is 1.91. The Bertz CT molecular complexity index is 1160. The molecule has 4 nitrogen and oxygen atoms in total. The van der Waals surface area contributed by atoms with Gasteiger partial charge in [0.05, 0.1) is 11.9 Å². The van der Waals surface area contributed by atoms with Gasteiger partial charge in [-0.05, 0) is 31.5 Å². The Hall–Kier alpha value is -3.84. The van der Waals surface area contributed by atoms with Crippen LogP contribution in [0.1, 0.15) is 22.4 Å². The zero-order valence-electron chi connectivity index (χ0n) is 15.7. The highest BCUT2D eigenvalue weighted by atomic mass is 16.4. The van der Waals surface area contributed by atoms with Gasteiger partial charge in [-0.1, -0.05) is 59.7 Å². The van der Waals surface area contributed by atoms with Crippen molar-refractivity contribution in [3.05, 3.63) is 89.2 Å². The van der Waals surface area contributed by atoms with Crippen molar-refractivity contribution in [2.75, 3.05) is 0 Å². The molecule has 0 aliphatic carbocycles. The van der Waals surface area contributed by atoms with E-state index >= 15 is 0 Å². The average molecular weight is 365 g/mol. The molecule has 0 amide bonds. The number of rotatable bonds is 4. The van der Waals surface area contributed by atoms with Gasteiger partial charge >= 0.3 is 0 Å². The Morgan fingerprint density at radius 1 is 0.929 bits per heavy atom. The summed E-state index contributed by atoms with van der Waals surface area (Å²) in [6.45, 7) is 4.08. The van der Waals surface area contributed by atoms with E-state index in [2.05, 4.69) is 16.0 Å². The summed E-state index contributed by atoms with van der Waals surface area (Å²) in [4.78, 5) is 7.51. The van der Waals surface area contributed by atoms with Crippen LogP contribution in [-0.2, 0) is 0 Å². The average Bonchev–Trinajstić information content (AvgIpc) is 3.35. The normalized spacial score (nSPS) is 11.0. The van der Waals surface area contributed by atoms with Crippen molar-refractivity contribution < 1.29 is 4.42 Å². The van der Waals surface area contributed by atoms with Crippen LogP contribution in [0.5, 0.6) is 0 Å². The first kappa shape index (κ1) is 17.6. The standard InChI is InChI=1S/C24H19N3O/c1-16-5-9-18(10-6-16)22-21(14-25)24(27-15-20-4-3-13-26-20)28-23(22)19-11-7-17(2)8-12-19/h3-13,15,26H,1-2H3. The fourth-order valence-electron chi connectivity index (χ4n) is 3.07. The van der Waals surface area contributed by atoms with Crippen LogP contribution in [0.25, 0.3) is 22.5 Å². The maximum atomic E-state index is 9.89. The molecule has 136 valence electrons. The fraction of sp³-hybridized carbons (Fsp3) is 0.0833. The highest BCUT2D eigenvalue weighted by Crippen LogP contribution is 2.42. The number of aromatic amines is 1. The summed E-state index contributed by atoms with van der Waals surface area (Å²) in [5.41, 5.74) is 6.22. The highest BCUT2D eigenvalue weighted by Gasteiger charge is 2.22. The molecule has 0 spiro atoms. The first-order chi connectivity index (χ1) is 13.7. The number of hydrogen-bond donors (Lipinski definition) is 1. The van der Waals surface area contributed by atoms with E-state index in [9.17, 15) is 5.26 Å². The number of aromatic nitrogens is 1. The van der Waals surface area contributed by atoms with Gasteiger partial charge in [-0.2, -0.15) is 5.26 Å². The van der Waals surface area contributed by atoms with E-state index in [0.29, 0.717) is 17.2 Å². The third kappa shape index (κ3) is 3.38. The second-order valence-corrected chi connectivity index (χ2v) is 6.71. The van der Waals surface area contributed by atoms with Crippen LogP contribution in [0.15, 0.2) is 76.3 Å². The van der Waals surface area contributed by atoms with Gasteiger partial charge in [0.15, 0.2) is 0 Å². The largest absolute Gasteiger partial charge is 0.436 e. The SMILES string of the molecule is Cc1ccc(-c2oc(N=Cc3ccc[nH]3)c(C#N)c2-c2ccc(C)cc2)cc1. The molecule has 4 rings (SSSR count). The number of furan rings is 1. The minimum Gasteiger partial charge on any atom is -0.436 e. The molecular formula is C24H19N3O. The number of H-pyrrole nitrogens is 1. The summed E-state index contributed by atoms with van der Waals surface area (Å²) in [5.74, 6) is 0.960. The Morgan fingerprint density at radius 2 is 1.57 bits per heavy atom. The zero-order chi connectivity index (χ0) is 19.5. The van der Waals surface area contributed by atoms with Crippen LogP contribution in [-0.4, -0.2) is 11.2 Å². The topological polar surface area (TPSA) is 65.1 Å². The molecule has 2 heterocycles. The van der Waals surface area contributed by atoms with E-state index in [1.807, 2.05) is 80.7 Å². The maximum absolute atomic E-state index is 9.89. The summed E-state index contributed by atoms with van der Waals surface area (Å²) in [7, 11) is 0. The maximum Gasteiger partial charge on any atom is 0.238 e. The van der Waals surface area contributed by atoms with E-state index in [-0.39, 0.29) is 0 Å². The molecule has 0 aliphatic rings. The fourth-order valence-corrected chi connectivity index (χ4v) is 3.07. The molecule has 0 saturated carbocycles. The van der Waals surface area contributed by atoms with E-state index in [1.54, 1.807) is 6.21 Å². The van der Waals surface area contributed by atoms with Crippen LogP contribution in [0, 0.1) is 25.2 Å². The molecule has 2 aromatic heterocycles. The molecule has 28 heavy (non-hydrogen) atoms. The molecule has 1 N–H and O–H groups in total. The van der Waals surface area contributed by atoms with Crippen molar-refractivity contribution in [1.29, 1.82) is 5.26 Å². The van der Waals surface area contributed by atoms with Crippen LogP contribution >= 0.6 is 0 Å². The number of benzene rings is 2. The van der Waals surface area contributed by atoms with Crippen molar-refractivity contribution in [2.45, 2.75) is 13.8 Å². The van der Waals surface area contributed by atoms with E-state index < -0.39 is 0 Å². The molecule has 0 bridgehead atoms. The number of nitrogens with one attached hydrogen (secondary N) is 1. The van der Waals surface area contributed by atoms with Gasteiger partial charge in [-0.15, -0.1) is 0 Å². The van der Waals surface area contributed by atoms with Gasteiger partial charge in [0, 0.05) is 17.3 Å². The molecule has 0 saturated heterocycles. The first-order valence-corrected chi connectivity index (χ1v) is 9.04. The predicted octanol–water partition coefficient (Wildman–Crippen LogP) is 6.18. The van der Waals surface area contributed by atoms with Crippen LogP contribution in [0.3, 0.4) is 0 Å². The number of aliphatic imine (C=N–C) groups is 1. The second kappa shape index (κ2) is 7.42. The van der Waals surface area contributed by atoms with Gasteiger partial charge in [0.1, 0.15) is 17.4 Å². The Morgan fingerprint density at radius 3 is 2.14 bits per heavy atom. The molecule has 4 heteroatoms. The lowest BCUT2D eigenvalue weighted by Crippen LogP contribution is -1.85. The summed E-state index contributed by atoms with van der Waals surface area (Å²) in [6, 6.07) is 22.2. The number of aryl methyl sites for hydroxylation is 2. The second-order valence-electron chi connectivity index (χ2n) is 6.71. The zero-order valence-corrected chi connectivity index (χ0v) is 15.7. The van der Waals surface area contributed by atoms with Crippen molar-refractivity contribution >= 4 is 12.1 Å². The quantitative estimate of drug-likeness (QED) is 0.439. The highest BCUT2D eigenvalue weighted by molar-refractivity contribution is 5.89. The smallest absolute Gasteiger partial charge is 0.238 e. The number of hydrogen-bond acceptors (Lipinski definition) is 3. The Kier molecular flexibility index (Phi) is 4.65. The van der Waals surface area contributed by atoms with Gasteiger partial charge in [0.2, 0.25) is 5.88 Å². The van der Waals surface area contributed by atoms with Crippen molar-refractivity contribution in [1.82, 2.24) is 4.98 Å². The van der Waals surface area contributed by atoms with Gasteiger partial charge in [-0.25, -0.2) is 4.99 Å². The van der Waals surface area contributed by atoms with E-state index in [4.69, 9.17) is 4.42 Å². The minimum absolute atomic E-state index is 0.309. The third-order valence-electron chi connectivity index (χ3n) is 4.60. The molecular weight excluding hydrogens is 346 g/mol. The van der Waals surface area contributed by atoms with Gasteiger partial charge < -0.3 is 9.40 Å². The van der Waals surface area contributed by atoms with Gasteiger partial charge in [-0.3, -0.25) is 0 Å². The molecule has 0 aliphatic heterocycles. The first-order valence-electron chi connectivity index (χ1n) is 9.04. The molecule has 0 unspecified atom stereocenters. The van der Waals surface area contributed by atoms with Crippen molar-refractivity contribution in [2.24, 2.45) is 4.99 Å². The van der Waals surface area contributed by atoms with Gasteiger partial charge in [0.25, 0.3) is 0 Å². The lowest BCUT2D eigenvalue weighted by atomic mass is 9.97. The molecule has 0 atom stereocenters. The van der Waals surface area contributed by atoms with Crippen molar-refractivity contribution in [3.8, 4) is 28.5 Å². The molecule has 0 fully saturated rings.